The molecule has 1 rings (SSSR count). The van der Waals surface area contributed by atoms with Crippen LogP contribution in [0.1, 0.15) is 17.7 Å². The predicted octanol–water partition coefficient (Wildman–Crippen LogP) is 2.69. The zero-order chi connectivity index (χ0) is 8.27. The van der Waals surface area contributed by atoms with Gasteiger partial charge in [-0.25, -0.2) is 0 Å². The van der Waals surface area contributed by atoms with Crippen LogP contribution in [0.5, 0.6) is 5.75 Å². The summed E-state index contributed by atoms with van der Waals surface area (Å²) in [5.41, 5.74) is 1.14. The summed E-state index contributed by atoms with van der Waals surface area (Å²) in [6.45, 7) is 2.03. The van der Waals surface area contributed by atoms with Gasteiger partial charge in [0.25, 0.3) is 0 Å². The van der Waals surface area contributed by atoms with Crippen LogP contribution in [0, 0.1) is 0 Å². The van der Waals surface area contributed by atoms with Crippen molar-refractivity contribution in [1.29, 1.82) is 0 Å². The third-order valence-electron chi connectivity index (χ3n) is 1.59. The molecule has 0 saturated carbocycles. The number of thiol groups is 1. The zero-order valence-corrected chi connectivity index (χ0v) is 7.64. The Morgan fingerprint density at radius 2 is 2.00 bits per heavy atom. The second kappa shape index (κ2) is 3.67. The number of para-hydroxylation sites is 1. The van der Waals surface area contributed by atoms with Crippen molar-refractivity contribution in [3.8, 4) is 5.75 Å². The Kier molecular flexibility index (Phi) is 2.83. The highest BCUT2D eigenvalue weighted by molar-refractivity contribution is 7.80. The Labute approximate surface area is 72.8 Å². The minimum Gasteiger partial charge on any atom is -0.496 e. The highest BCUT2D eigenvalue weighted by Crippen LogP contribution is 2.27. The van der Waals surface area contributed by atoms with Crippen LogP contribution in [0.15, 0.2) is 24.3 Å². The fourth-order valence-corrected chi connectivity index (χ4v) is 1.22. The molecule has 0 heterocycles. The van der Waals surface area contributed by atoms with Crippen molar-refractivity contribution in [3.63, 3.8) is 0 Å². The van der Waals surface area contributed by atoms with E-state index in [1.54, 1.807) is 7.11 Å². The molecule has 0 N–H and O–H groups in total. The van der Waals surface area contributed by atoms with Crippen molar-refractivity contribution in [3.05, 3.63) is 29.8 Å². The molecule has 2 heteroatoms. The number of ether oxygens (including phenoxy) is 1. The van der Waals surface area contributed by atoms with Gasteiger partial charge < -0.3 is 4.74 Å². The van der Waals surface area contributed by atoms with Crippen molar-refractivity contribution < 1.29 is 4.74 Å². The van der Waals surface area contributed by atoms with E-state index in [2.05, 4.69) is 12.6 Å². The Hall–Kier alpha value is -0.630. The van der Waals surface area contributed by atoms with Gasteiger partial charge in [-0.1, -0.05) is 18.2 Å². The Bertz CT molecular complexity index is 233. The predicted molar refractivity (Wildman–Crippen MR) is 50.4 cm³/mol. The van der Waals surface area contributed by atoms with Gasteiger partial charge in [0.15, 0.2) is 0 Å². The van der Waals surface area contributed by atoms with Crippen LogP contribution in [0.2, 0.25) is 0 Å². The fourth-order valence-electron chi connectivity index (χ4n) is 1.01. The maximum Gasteiger partial charge on any atom is 0.123 e. The molecule has 0 aromatic heterocycles. The minimum absolute atomic E-state index is 0.228. The third-order valence-corrected chi connectivity index (χ3v) is 1.87. The van der Waals surface area contributed by atoms with E-state index in [-0.39, 0.29) is 5.25 Å². The molecule has 1 aromatic rings. The van der Waals surface area contributed by atoms with Gasteiger partial charge in [-0.2, -0.15) is 12.6 Å². The molecule has 60 valence electrons. The zero-order valence-electron chi connectivity index (χ0n) is 6.74. The number of rotatable bonds is 2. The summed E-state index contributed by atoms with van der Waals surface area (Å²) in [4.78, 5) is 0. The first-order chi connectivity index (χ1) is 5.25. The SMILES string of the molecule is COc1ccccc1[C@H](C)S. The van der Waals surface area contributed by atoms with Crippen LogP contribution < -0.4 is 4.74 Å². The van der Waals surface area contributed by atoms with Crippen molar-refractivity contribution in [2.45, 2.75) is 12.2 Å². The first kappa shape index (κ1) is 8.47. The van der Waals surface area contributed by atoms with Crippen molar-refractivity contribution in [1.82, 2.24) is 0 Å². The lowest BCUT2D eigenvalue weighted by Crippen LogP contribution is -1.91. The Morgan fingerprint density at radius 1 is 1.36 bits per heavy atom. The minimum atomic E-state index is 0.228. The number of benzene rings is 1. The van der Waals surface area contributed by atoms with E-state index in [1.165, 1.54) is 0 Å². The first-order valence-corrected chi connectivity index (χ1v) is 4.08. The van der Waals surface area contributed by atoms with Gasteiger partial charge in [-0.15, -0.1) is 0 Å². The highest BCUT2D eigenvalue weighted by Gasteiger charge is 2.04. The summed E-state index contributed by atoms with van der Waals surface area (Å²) in [6, 6.07) is 7.92. The summed E-state index contributed by atoms with van der Waals surface area (Å²) in [5.74, 6) is 0.912. The molecular formula is C9H12OS. The van der Waals surface area contributed by atoms with Gasteiger partial charge in [0, 0.05) is 10.8 Å². The van der Waals surface area contributed by atoms with E-state index < -0.39 is 0 Å². The van der Waals surface area contributed by atoms with Crippen molar-refractivity contribution in [2.24, 2.45) is 0 Å². The molecule has 0 bridgehead atoms. The number of hydrogen-bond acceptors (Lipinski definition) is 2. The maximum atomic E-state index is 5.16. The summed E-state index contributed by atoms with van der Waals surface area (Å²) in [5, 5.41) is 0.228. The molecule has 0 radical (unpaired) electrons. The second-order valence-electron chi connectivity index (χ2n) is 2.42. The van der Waals surface area contributed by atoms with E-state index >= 15 is 0 Å². The Balaban J connectivity index is 3.02. The first-order valence-electron chi connectivity index (χ1n) is 3.56. The second-order valence-corrected chi connectivity index (χ2v) is 3.19. The highest BCUT2D eigenvalue weighted by atomic mass is 32.1. The molecule has 11 heavy (non-hydrogen) atoms. The lowest BCUT2D eigenvalue weighted by atomic mass is 10.1. The van der Waals surface area contributed by atoms with Crippen LogP contribution >= 0.6 is 12.6 Å². The molecule has 0 aliphatic rings. The van der Waals surface area contributed by atoms with Crippen LogP contribution in [-0.4, -0.2) is 7.11 Å². The van der Waals surface area contributed by atoms with E-state index in [1.807, 2.05) is 31.2 Å². The van der Waals surface area contributed by atoms with Crippen LogP contribution in [0.25, 0.3) is 0 Å². The molecule has 0 aliphatic heterocycles. The molecule has 0 saturated heterocycles. The van der Waals surface area contributed by atoms with Gasteiger partial charge in [0.1, 0.15) is 5.75 Å². The largest absolute Gasteiger partial charge is 0.496 e. The van der Waals surface area contributed by atoms with Gasteiger partial charge in [-0.3, -0.25) is 0 Å². The van der Waals surface area contributed by atoms with Crippen LogP contribution in [0.4, 0.5) is 0 Å². The van der Waals surface area contributed by atoms with E-state index in [9.17, 15) is 0 Å². The summed E-state index contributed by atoms with van der Waals surface area (Å²) < 4.78 is 5.16. The average Bonchev–Trinajstić information content (AvgIpc) is 2.04. The molecule has 0 aliphatic carbocycles. The molecular weight excluding hydrogens is 156 g/mol. The van der Waals surface area contributed by atoms with Gasteiger partial charge in [-0.05, 0) is 13.0 Å². The standard InChI is InChI=1S/C9H12OS/c1-7(11)8-5-3-4-6-9(8)10-2/h3-7,11H,1-2H3/t7-/m0/s1. The van der Waals surface area contributed by atoms with E-state index in [4.69, 9.17) is 4.74 Å². The lowest BCUT2D eigenvalue weighted by molar-refractivity contribution is 0.410. The molecule has 0 fully saturated rings. The maximum absolute atomic E-state index is 5.16. The molecule has 0 unspecified atom stereocenters. The van der Waals surface area contributed by atoms with Gasteiger partial charge in [0.2, 0.25) is 0 Å². The van der Waals surface area contributed by atoms with Crippen molar-refractivity contribution in [2.75, 3.05) is 7.11 Å². The summed E-state index contributed by atoms with van der Waals surface area (Å²) >= 11 is 4.33. The molecule has 0 amide bonds. The molecule has 1 atom stereocenters. The molecule has 0 spiro atoms. The Morgan fingerprint density at radius 3 is 2.45 bits per heavy atom. The van der Waals surface area contributed by atoms with Gasteiger partial charge in [0.05, 0.1) is 7.11 Å². The molecule has 1 aromatic carbocycles. The summed E-state index contributed by atoms with van der Waals surface area (Å²) in [7, 11) is 1.68. The smallest absolute Gasteiger partial charge is 0.123 e. The van der Waals surface area contributed by atoms with E-state index in [0.29, 0.717) is 0 Å². The normalized spacial score (nSPS) is 12.6. The lowest BCUT2D eigenvalue weighted by Gasteiger charge is -2.09. The topological polar surface area (TPSA) is 9.23 Å². The molecule has 1 nitrogen and oxygen atoms in total. The van der Waals surface area contributed by atoms with Crippen molar-refractivity contribution >= 4 is 12.6 Å². The monoisotopic (exact) mass is 168 g/mol. The van der Waals surface area contributed by atoms with Crippen LogP contribution in [0.3, 0.4) is 0 Å². The van der Waals surface area contributed by atoms with Gasteiger partial charge >= 0.3 is 0 Å². The number of hydrogen-bond donors (Lipinski definition) is 1. The fraction of sp³-hybridized carbons (Fsp3) is 0.333. The number of methoxy groups -OCH3 is 1. The summed E-state index contributed by atoms with van der Waals surface area (Å²) in [6.07, 6.45) is 0. The van der Waals surface area contributed by atoms with Crippen LogP contribution in [-0.2, 0) is 0 Å². The average molecular weight is 168 g/mol. The third kappa shape index (κ3) is 1.90. The van der Waals surface area contributed by atoms with E-state index in [0.717, 1.165) is 11.3 Å². The quantitative estimate of drug-likeness (QED) is 0.668.